The quantitative estimate of drug-likeness (QED) is 0.127. The molecule has 0 aromatic rings. The first-order valence-corrected chi connectivity index (χ1v) is 13.1. The number of hydrogen-bond donors (Lipinski definition) is 3. The number of esters is 1. The van der Waals surface area contributed by atoms with Gasteiger partial charge in [-0.25, -0.2) is 0 Å². The highest BCUT2D eigenvalue weighted by molar-refractivity contribution is 5.69. The van der Waals surface area contributed by atoms with Gasteiger partial charge in [0.25, 0.3) is 0 Å². The van der Waals surface area contributed by atoms with Crippen LogP contribution in [0.4, 0.5) is 0 Å². The molecule has 0 aromatic carbocycles. The second kappa shape index (κ2) is 22.5. The van der Waals surface area contributed by atoms with E-state index in [0.29, 0.717) is 6.42 Å². The second-order valence-electron chi connectivity index (χ2n) is 9.40. The van der Waals surface area contributed by atoms with Gasteiger partial charge in [0, 0.05) is 6.42 Å². The van der Waals surface area contributed by atoms with Crippen LogP contribution in [0, 0.1) is 5.41 Å². The summed E-state index contributed by atoms with van der Waals surface area (Å²) in [6.07, 6.45) is 24.0. The molecule has 0 unspecified atom stereocenters. The Morgan fingerprint density at radius 2 is 0.903 bits per heavy atom. The van der Waals surface area contributed by atoms with Crippen LogP contribution in [0.2, 0.25) is 0 Å². The average Bonchev–Trinajstić information content (AvgIpc) is 2.79. The Bertz CT molecular complexity index is 374. The zero-order valence-electron chi connectivity index (χ0n) is 20.4. The fourth-order valence-corrected chi connectivity index (χ4v) is 3.76. The number of unbranched alkanes of at least 4 members (excludes halogenated alkanes) is 17. The predicted octanol–water partition coefficient (Wildman–Crippen LogP) is 5.92. The van der Waals surface area contributed by atoms with Crippen LogP contribution < -0.4 is 0 Å². The lowest BCUT2D eigenvalue weighted by atomic mass is 9.93. The van der Waals surface area contributed by atoms with Crippen LogP contribution >= 0.6 is 0 Å². The molecule has 5 nitrogen and oxygen atoms in total. The van der Waals surface area contributed by atoms with Crippen LogP contribution in [-0.2, 0) is 9.53 Å². The molecule has 0 atom stereocenters. The van der Waals surface area contributed by atoms with E-state index in [0.717, 1.165) is 19.3 Å². The summed E-state index contributed by atoms with van der Waals surface area (Å²) >= 11 is 0. The molecule has 0 heterocycles. The molecule has 186 valence electrons. The average molecular weight is 445 g/mol. The van der Waals surface area contributed by atoms with E-state index < -0.39 is 25.2 Å². The zero-order valence-corrected chi connectivity index (χ0v) is 20.4. The third kappa shape index (κ3) is 18.6. The van der Waals surface area contributed by atoms with Crippen molar-refractivity contribution >= 4 is 5.97 Å². The summed E-state index contributed by atoms with van der Waals surface area (Å²) in [6.45, 7) is 0.897. The molecule has 0 saturated heterocycles. The van der Waals surface area contributed by atoms with Crippen molar-refractivity contribution in [3.63, 3.8) is 0 Å². The van der Waals surface area contributed by atoms with Crippen molar-refractivity contribution in [3.8, 4) is 0 Å². The fourth-order valence-electron chi connectivity index (χ4n) is 3.76. The molecule has 0 aliphatic rings. The Balaban J connectivity index is 3.30. The number of carbonyl (C=O) groups is 1. The Hall–Kier alpha value is -0.650. The van der Waals surface area contributed by atoms with Crippen molar-refractivity contribution in [2.75, 3.05) is 26.4 Å². The summed E-state index contributed by atoms with van der Waals surface area (Å²) in [5.74, 6) is -0.323. The van der Waals surface area contributed by atoms with Crippen LogP contribution in [0.25, 0.3) is 0 Å². The molecular formula is C26H52O5. The lowest BCUT2D eigenvalue weighted by molar-refractivity contribution is -0.151. The van der Waals surface area contributed by atoms with Gasteiger partial charge in [0.1, 0.15) is 6.61 Å². The maximum atomic E-state index is 11.7. The van der Waals surface area contributed by atoms with Crippen molar-refractivity contribution < 1.29 is 24.9 Å². The standard InChI is InChI=1S/C26H52O5/c1-2-3-4-5-6-7-8-9-10-11-12-13-14-15-16-17-18-19-20-25(30)31-24-26(21-27,22-28)23-29/h27-29H,2-24H2,1H3. The van der Waals surface area contributed by atoms with Gasteiger partial charge in [-0.3, -0.25) is 4.79 Å². The van der Waals surface area contributed by atoms with E-state index >= 15 is 0 Å². The molecule has 0 amide bonds. The first-order valence-electron chi connectivity index (χ1n) is 13.1. The summed E-state index contributed by atoms with van der Waals surface area (Å²) in [4.78, 5) is 11.7. The van der Waals surface area contributed by atoms with E-state index in [1.807, 2.05) is 0 Å². The van der Waals surface area contributed by atoms with E-state index in [4.69, 9.17) is 4.74 Å². The predicted molar refractivity (Wildman–Crippen MR) is 128 cm³/mol. The molecule has 31 heavy (non-hydrogen) atoms. The number of rotatable bonds is 24. The van der Waals surface area contributed by atoms with Crippen molar-refractivity contribution in [3.05, 3.63) is 0 Å². The minimum Gasteiger partial charge on any atom is -0.465 e. The summed E-state index contributed by atoms with van der Waals surface area (Å²) in [7, 11) is 0. The van der Waals surface area contributed by atoms with Crippen LogP contribution in [0.5, 0.6) is 0 Å². The number of aliphatic hydroxyl groups is 3. The van der Waals surface area contributed by atoms with E-state index in [-0.39, 0.29) is 12.6 Å². The molecule has 0 aromatic heterocycles. The van der Waals surface area contributed by atoms with E-state index in [2.05, 4.69) is 6.92 Å². The number of ether oxygens (including phenoxy) is 1. The summed E-state index contributed by atoms with van der Waals surface area (Å²) < 4.78 is 5.09. The molecule has 0 aliphatic heterocycles. The molecular weight excluding hydrogens is 392 g/mol. The van der Waals surface area contributed by atoms with Crippen LogP contribution in [0.15, 0.2) is 0 Å². The van der Waals surface area contributed by atoms with Crippen LogP contribution in [-0.4, -0.2) is 47.7 Å². The highest BCUT2D eigenvalue weighted by atomic mass is 16.5. The Kier molecular flexibility index (Phi) is 22.1. The SMILES string of the molecule is CCCCCCCCCCCCCCCCCCCCC(=O)OCC(CO)(CO)CO. The lowest BCUT2D eigenvalue weighted by Gasteiger charge is -2.26. The first-order chi connectivity index (χ1) is 15.1. The second-order valence-corrected chi connectivity index (χ2v) is 9.40. The maximum absolute atomic E-state index is 11.7. The maximum Gasteiger partial charge on any atom is 0.305 e. The molecule has 0 rings (SSSR count). The van der Waals surface area contributed by atoms with Crippen molar-refractivity contribution in [1.29, 1.82) is 0 Å². The Morgan fingerprint density at radius 3 is 1.23 bits per heavy atom. The van der Waals surface area contributed by atoms with Crippen molar-refractivity contribution in [2.45, 2.75) is 129 Å². The monoisotopic (exact) mass is 444 g/mol. The minimum atomic E-state index is -1.14. The Labute approximate surface area is 192 Å². The zero-order chi connectivity index (χ0) is 23.0. The summed E-state index contributed by atoms with van der Waals surface area (Å²) in [6, 6.07) is 0. The molecule has 0 radical (unpaired) electrons. The fraction of sp³-hybridized carbons (Fsp3) is 0.962. The highest BCUT2D eigenvalue weighted by Gasteiger charge is 2.29. The third-order valence-electron chi connectivity index (χ3n) is 6.28. The van der Waals surface area contributed by atoms with Gasteiger partial charge in [0.05, 0.1) is 25.2 Å². The largest absolute Gasteiger partial charge is 0.465 e. The van der Waals surface area contributed by atoms with E-state index in [9.17, 15) is 20.1 Å². The number of aliphatic hydroxyl groups excluding tert-OH is 3. The smallest absolute Gasteiger partial charge is 0.305 e. The topological polar surface area (TPSA) is 87.0 Å². The molecule has 3 N–H and O–H groups in total. The normalized spacial score (nSPS) is 11.7. The van der Waals surface area contributed by atoms with Gasteiger partial charge in [-0.05, 0) is 6.42 Å². The molecule has 0 bridgehead atoms. The van der Waals surface area contributed by atoms with Crippen LogP contribution in [0.3, 0.4) is 0 Å². The lowest BCUT2D eigenvalue weighted by Crippen LogP contribution is -2.39. The van der Waals surface area contributed by atoms with E-state index in [1.165, 1.54) is 96.3 Å². The van der Waals surface area contributed by atoms with Gasteiger partial charge in [-0.1, -0.05) is 116 Å². The highest BCUT2D eigenvalue weighted by Crippen LogP contribution is 2.17. The molecule has 0 aliphatic carbocycles. The molecule has 0 fully saturated rings. The first kappa shape index (κ1) is 30.4. The van der Waals surface area contributed by atoms with Crippen LogP contribution in [0.1, 0.15) is 129 Å². The molecule has 0 spiro atoms. The van der Waals surface area contributed by atoms with Crippen molar-refractivity contribution in [1.82, 2.24) is 0 Å². The van der Waals surface area contributed by atoms with Gasteiger partial charge >= 0.3 is 5.97 Å². The summed E-state index contributed by atoms with van der Waals surface area (Å²) in [5, 5.41) is 27.7. The van der Waals surface area contributed by atoms with E-state index in [1.54, 1.807) is 0 Å². The van der Waals surface area contributed by atoms with Gasteiger partial charge in [-0.15, -0.1) is 0 Å². The third-order valence-corrected chi connectivity index (χ3v) is 6.28. The van der Waals surface area contributed by atoms with Gasteiger partial charge in [-0.2, -0.15) is 0 Å². The van der Waals surface area contributed by atoms with Gasteiger partial charge in [0.15, 0.2) is 0 Å². The van der Waals surface area contributed by atoms with Gasteiger partial charge < -0.3 is 20.1 Å². The molecule has 0 saturated carbocycles. The number of carbonyl (C=O) groups excluding carboxylic acids is 1. The Morgan fingerprint density at radius 1 is 0.581 bits per heavy atom. The summed E-state index contributed by atoms with van der Waals surface area (Å²) in [5.41, 5.74) is -1.14. The minimum absolute atomic E-state index is 0.144. The molecule has 5 heteroatoms. The van der Waals surface area contributed by atoms with Gasteiger partial charge in [0.2, 0.25) is 0 Å². The number of hydrogen-bond acceptors (Lipinski definition) is 5. The van der Waals surface area contributed by atoms with Crippen molar-refractivity contribution in [2.24, 2.45) is 5.41 Å².